The standard InChI is InChI=1S/C29H40FN5O3/c1-4-8-25-22(6-3)9-7-10-23(25)17-32-18-26-33(19-27(32)36)28(37)20-35(26)34(15-5-2)29(38)31-16-21-11-13-24(30)14-12-21/h6,10-13,24,26H,3-5,7-9,14-20H2,1-2H3,(H,31,38)/t24?,26-/m0/s1. The van der Waals surface area contributed by atoms with Gasteiger partial charge in [0.1, 0.15) is 18.9 Å². The molecule has 0 aromatic heterocycles. The van der Waals surface area contributed by atoms with E-state index in [-0.39, 0.29) is 37.5 Å². The van der Waals surface area contributed by atoms with Crippen molar-refractivity contribution in [3.05, 3.63) is 59.3 Å². The van der Waals surface area contributed by atoms with E-state index in [4.69, 9.17) is 0 Å². The zero-order valence-electron chi connectivity index (χ0n) is 22.6. The van der Waals surface area contributed by atoms with Crippen molar-refractivity contribution in [3.8, 4) is 0 Å². The lowest BCUT2D eigenvalue weighted by molar-refractivity contribution is -0.148. The Morgan fingerprint density at radius 2 is 2.03 bits per heavy atom. The number of nitrogens with one attached hydrogen (secondary N) is 1. The van der Waals surface area contributed by atoms with E-state index in [1.165, 1.54) is 17.2 Å². The van der Waals surface area contributed by atoms with Gasteiger partial charge in [0.15, 0.2) is 0 Å². The molecule has 2 saturated heterocycles. The van der Waals surface area contributed by atoms with Gasteiger partial charge in [-0.2, -0.15) is 5.01 Å². The normalized spacial score (nSPS) is 23.9. The van der Waals surface area contributed by atoms with Crippen LogP contribution in [-0.2, 0) is 9.59 Å². The van der Waals surface area contributed by atoms with E-state index in [1.54, 1.807) is 27.1 Å². The monoisotopic (exact) mass is 525 g/mol. The zero-order valence-corrected chi connectivity index (χ0v) is 22.6. The van der Waals surface area contributed by atoms with E-state index < -0.39 is 12.3 Å². The van der Waals surface area contributed by atoms with Gasteiger partial charge in [-0.1, -0.05) is 57.2 Å². The predicted molar refractivity (Wildman–Crippen MR) is 145 cm³/mol. The van der Waals surface area contributed by atoms with Gasteiger partial charge in [0, 0.05) is 26.1 Å². The third-order valence-electron chi connectivity index (χ3n) is 7.60. The molecule has 1 N–H and O–H groups in total. The summed E-state index contributed by atoms with van der Waals surface area (Å²) in [4.78, 5) is 42.7. The summed E-state index contributed by atoms with van der Waals surface area (Å²) in [6, 6.07) is -0.305. The van der Waals surface area contributed by atoms with Crippen LogP contribution >= 0.6 is 0 Å². The van der Waals surface area contributed by atoms with Crippen molar-refractivity contribution in [2.75, 3.05) is 39.3 Å². The molecule has 0 aromatic carbocycles. The number of hydrogen-bond donors (Lipinski definition) is 1. The molecule has 0 bridgehead atoms. The summed E-state index contributed by atoms with van der Waals surface area (Å²) in [6.07, 6.45) is 12.6. The van der Waals surface area contributed by atoms with Crippen LogP contribution in [-0.4, -0.2) is 89.3 Å². The third kappa shape index (κ3) is 6.09. The van der Waals surface area contributed by atoms with Gasteiger partial charge in [0.05, 0.1) is 13.1 Å². The first-order valence-electron chi connectivity index (χ1n) is 13.8. The highest BCUT2D eigenvalue weighted by Gasteiger charge is 2.47. The minimum Gasteiger partial charge on any atom is -0.333 e. The summed E-state index contributed by atoms with van der Waals surface area (Å²) in [5, 5.41) is 6.32. The Labute approximate surface area is 225 Å². The molecular weight excluding hydrogens is 485 g/mol. The average Bonchev–Trinajstić information content (AvgIpc) is 3.22. The van der Waals surface area contributed by atoms with Crippen molar-refractivity contribution in [1.29, 1.82) is 0 Å². The maximum atomic E-state index is 13.4. The van der Waals surface area contributed by atoms with Gasteiger partial charge in [-0.3, -0.25) is 14.6 Å². The minimum absolute atomic E-state index is 0.0120. The lowest BCUT2D eigenvalue weighted by atomic mass is 9.87. The molecule has 8 nitrogen and oxygen atoms in total. The topological polar surface area (TPSA) is 76.2 Å². The van der Waals surface area contributed by atoms with Crippen LogP contribution in [0.3, 0.4) is 0 Å². The summed E-state index contributed by atoms with van der Waals surface area (Å²) in [5.41, 5.74) is 4.55. The molecule has 4 amide bonds. The van der Waals surface area contributed by atoms with Gasteiger partial charge >= 0.3 is 6.03 Å². The fourth-order valence-corrected chi connectivity index (χ4v) is 5.63. The maximum absolute atomic E-state index is 13.4. The molecule has 0 spiro atoms. The van der Waals surface area contributed by atoms with Crippen molar-refractivity contribution < 1.29 is 18.8 Å². The molecule has 38 heavy (non-hydrogen) atoms. The van der Waals surface area contributed by atoms with E-state index in [0.717, 1.165) is 36.8 Å². The number of piperazine rings is 1. The molecule has 4 aliphatic rings. The quantitative estimate of drug-likeness (QED) is 0.470. The van der Waals surface area contributed by atoms with Crippen LogP contribution in [0.4, 0.5) is 9.18 Å². The van der Waals surface area contributed by atoms with Crippen LogP contribution in [0.1, 0.15) is 52.4 Å². The van der Waals surface area contributed by atoms with Gasteiger partial charge in [0.25, 0.3) is 0 Å². The van der Waals surface area contributed by atoms with Crippen LogP contribution in [0, 0.1) is 0 Å². The van der Waals surface area contributed by atoms with Crippen LogP contribution in [0.15, 0.2) is 59.3 Å². The van der Waals surface area contributed by atoms with Crippen molar-refractivity contribution in [1.82, 2.24) is 25.1 Å². The molecule has 2 atom stereocenters. The SMILES string of the molecule is C=CC1=C(CCC)C(CN2C[C@H]3N(CC2=O)C(=O)CN3N(CCC)C(=O)NCC2=CCC(F)C=C2)=CCC1. The molecule has 2 fully saturated rings. The van der Waals surface area contributed by atoms with Crippen molar-refractivity contribution in [2.24, 2.45) is 0 Å². The van der Waals surface area contributed by atoms with E-state index in [9.17, 15) is 18.8 Å². The number of fused-ring (bicyclic) bond motifs is 1. The summed E-state index contributed by atoms with van der Waals surface area (Å²) in [5.74, 6) is -0.228. The van der Waals surface area contributed by atoms with Crippen LogP contribution in [0.2, 0.25) is 0 Å². The lowest BCUT2D eigenvalue weighted by Gasteiger charge is -2.43. The predicted octanol–water partition coefficient (Wildman–Crippen LogP) is 3.86. The first kappa shape index (κ1) is 27.8. The second-order valence-electron chi connectivity index (χ2n) is 10.3. The van der Waals surface area contributed by atoms with E-state index in [2.05, 4.69) is 24.9 Å². The number of nitrogens with zero attached hydrogens (tertiary/aromatic N) is 4. The highest BCUT2D eigenvalue weighted by molar-refractivity contribution is 5.89. The van der Waals surface area contributed by atoms with Crippen LogP contribution in [0.5, 0.6) is 0 Å². The Hall–Kier alpha value is -3.20. The fourth-order valence-electron chi connectivity index (χ4n) is 5.63. The number of allylic oxidation sites excluding steroid dienone is 5. The average molecular weight is 526 g/mol. The summed E-state index contributed by atoms with van der Waals surface area (Å²) in [6.45, 7) is 9.75. The van der Waals surface area contributed by atoms with Gasteiger partial charge in [-0.05, 0) is 48.0 Å². The Balaban J connectivity index is 1.48. The summed E-state index contributed by atoms with van der Waals surface area (Å²) in [7, 11) is 0. The Bertz CT molecular complexity index is 1080. The smallest absolute Gasteiger partial charge is 0.332 e. The largest absolute Gasteiger partial charge is 0.333 e. The Morgan fingerprint density at radius 3 is 2.71 bits per heavy atom. The fraction of sp³-hybridized carbons (Fsp3) is 0.552. The van der Waals surface area contributed by atoms with Gasteiger partial charge in [-0.25, -0.2) is 9.18 Å². The van der Waals surface area contributed by atoms with Crippen LogP contribution in [0.25, 0.3) is 0 Å². The number of carbonyl (C=O) groups is 3. The number of amides is 4. The summed E-state index contributed by atoms with van der Waals surface area (Å²) < 4.78 is 13.4. The molecule has 0 radical (unpaired) electrons. The zero-order chi connectivity index (χ0) is 27.2. The van der Waals surface area contributed by atoms with E-state index in [1.807, 2.05) is 17.9 Å². The van der Waals surface area contributed by atoms with E-state index >= 15 is 0 Å². The molecule has 206 valence electrons. The third-order valence-corrected chi connectivity index (χ3v) is 7.60. The number of hydrogen-bond acceptors (Lipinski definition) is 4. The molecule has 9 heteroatoms. The lowest BCUT2D eigenvalue weighted by Crippen LogP contribution is -2.62. The van der Waals surface area contributed by atoms with Crippen LogP contribution < -0.4 is 5.32 Å². The van der Waals surface area contributed by atoms with Crippen molar-refractivity contribution >= 4 is 17.8 Å². The second-order valence-corrected chi connectivity index (χ2v) is 10.3. The number of halogens is 1. The van der Waals surface area contributed by atoms with Gasteiger partial charge in [-0.15, -0.1) is 0 Å². The summed E-state index contributed by atoms with van der Waals surface area (Å²) >= 11 is 0. The molecule has 4 rings (SSSR count). The Kier molecular flexibility index (Phi) is 9.20. The molecule has 1 unspecified atom stereocenters. The highest BCUT2D eigenvalue weighted by Crippen LogP contribution is 2.31. The van der Waals surface area contributed by atoms with Gasteiger partial charge in [0.2, 0.25) is 11.8 Å². The molecule has 2 aliphatic carbocycles. The Morgan fingerprint density at radius 1 is 1.21 bits per heavy atom. The highest BCUT2D eigenvalue weighted by atomic mass is 19.1. The number of rotatable bonds is 10. The molecule has 2 heterocycles. The van der Waals surface area contributed by atoms with Crippen molar-refractivity contribution in [2.45, 2.75) is 64.7 Å². The first-order chi connectivity index (χ1) is 18.4. The number of carbonyl (C=O) groups excluding carboxylic acids is 3. The number of urea groups is 1. The molecule has 0 saturated carbocycles. The minimum atomic E-state index is -0.981. The molecule has 2 aliphatic heterocycles. The molecular formula is C29H40FN5O3. The first-order valence-corrected chi connectivity index (χ1v) is 13.8. The number of alkyl halides is 1. The van der Waals surface area contributed by atoms with Crippen molar-refractivity contribution in [3.63, 3.8) is 0 Å². The molecule has 0 aromatic rings. The number of hydrazine groups is 1. The second kappa shape index (κ2) is 12.6. The maximum Gasteiger partial charge on any atom is 0.332 e. The van der Waals surface area contributed by atoms with E-state index in [0.29, 0.717) is 32.5 Å². The van der Waals surface area contributed by atoms with Gasteiger partial charge < -0.3 is 15.1 Å².